The molecule has 2 aromatic heterocycles. The second-order valence-corrected chi connectivity index (χ2v) is 7.24. The van der Waals surface area contributed by atoms with Crippen LogP contribution in [0.4, 0.5) is 0 Å². The first kappa shape index (κ1) is 17.7. The van der Waals surface area contributed by atoms with E-state index < -0.39 is 0 Å². The van der Waals surface area contributed by atoms with Crippen molar-refractivity contribution in [2.24, 2.45) is 0 Å². The molecule has 0 radical (unpaired) electrons. The van der Waals surface area contributed by atoms with Crippen molar-refractivity contribution in [3.63, 3.8) is 0 Å². The molecule has 1 amide bonds. The molecule has 1 fully saturated rings. The molecule has 3 rings (SSSR count). The lowest BCUT2D eigenvalue weighted by molar-refractivity contribution is 0.0709. The molecular formula is C19H29N5O. The third kappa shape index (κ3) is 3.62. The molecule has 1 aliphatic rings. The first-order valence-electron chi connectivity index (χ1n) is 9.37. The fourth-order valence-corrected chi connectivity index (χ4v) is 3.66. The maximum absolute atomic E-state index is 12.9. The Hall–Kier alpha value is -2.11. The van der Waals surface area contributed by atoms with Crippen molar-refractivity contribution in [3.8, 4) is 0 Å². The van der Waals surface area contributed by atoms with Gasteiger partial charge >= 0.3 is 0 Å². The van der Waals surface area contributed by atoms with Gasteiger partial charge in [-0.15, -0.1) is 0 Å². The van der Waals surface area contributed by atoms with Crippen molar-refractivity contribution in [2.45, 2.75) is 65.5 Å². The normalized spacial score (nSPS) is 16.0. The number of amides is 1. The van der Waals surface area contributed by atoms with Gasteiger partial charge in [-0.3, -0.25) is 9.48 Å². The minimum atomic E-state index is 0.116. The average molecular weight is 343 g/mol. The number of aryl methyl sites for hydroxylation is 2. The molecule has 25 heavy (non-hydrogen) atoms. The maximum Gasteiger partial charge on any atom is 0.257 e. The number of aromatic nitrogens is 4. The van der Waals surface area contributed by atoms with Gasteiger partial charge in [0.2, 0.25) is 0 Å². The molecule has 2 aromatic rings. The van der Waals surface area contributed by atoms with E-state index >= 15 is 0 Å². The third-order valence-corrected chi connectivity index (χ3v) is 5.03. The van der Waals surface area contributed by atoms with Gasteiger partial charge in [-0.2, -0.15) is 5.10 Å². The molecular weight excluding hydrogens is 314 g/mol. The highest BCUT2D eigenvalue weighted by Gasteiger charge is 2.28. The second-order valence-electron chi connectivity index (χ2n) is 7.24. The van der Waals surface area contributed by atoms with E-state index in [4.69, 9.17) is 0 Å². The van der Waals surface area contributed by atoms with Gasteiger partial charge in [0.1, 0.15) is 5.82 Å². The van der Waals surface area contributed by atoms with E-state index in [-0.39, 0.29) is 5.91 Å². The number of likely N-dealkylation sites (tertiary alicyclic amines) is 1. The zero-order valence-corrected chi connectivity index (χ0v) is 15.8. The smallest absolute Gasteiger partial charge is 0.257 e. The van der Waals surface area contributed by atoms with Crippen molar-refractivity contribution in [2.75, 3.05) is 13.1 Å². The van der Waals surface area contributed by atoms with E-state index in [9.17, 15) is 4.79 Å². The zero-order valence-electron chi connectivity index (χ0n) is 15.8. The largest absolute Gasteiger partial charge is 0.338 e. The predicted octanol–water partition coefficient (Wildman–Crippen LogP) is 3.40. The van der Waals surface area contributed by atoms with Gasteiger partial charge in [0, 0.05) is 50.2 Å². The van der Waals surface area contributed by atoms with Crippen LogP contribution in [0.25, 0.3) is 0 Å². The minimum Gasteiger partial charge on any atom is -0.338 e. The minimum absolute atomic E-state index is 0.116. The Morgan fingerprint density at radius 2 is 2.04 bits per heavy atom. The third-order valence-electron chi connectivity index (χ3n) is 5.03. The first-order valence-corrected chi connectivity index (χ1v) is 9.37. The predicted molar refractivity (Wildman–Crippen MR) is 97.7 cm³/mol. The Bertz CT molecular complexity index is 722. The highest BCUT2D eigenvalue weighted by atomic mass is 16.2. The molecule has 0 aromatic carbocycles. The topological polar surface area (TPSA) is 56.0 Å². The summed E-state index contributed by atoms with van der Waals surface area (Å²) in [5.74, 6) is 1.71. The molecule has 136 valence electrons. The highest BCUT2D eigenvalue weighted by Crippen LogP contribution is 2.29. The molecule has 1 aliphatic heterocycles. The number of carbonyl (C=O) groups excluding carboxylic acids is 1. The van der Waals surface area contributed by atoms with Crippen LogP contribution in [0.3, 0.4) is 0 Å². The van der Waals surface area contributed by atoms with E-state index in [1.807, 2.05) is 28.9 Å². The van der Waals surface area contributed by atoms with Crippen LogP contribution in [-0.4, -0.2) is 43.2 Å². The number of hydrogen-bond acceptors (Lipinski definition) is 3. The summed E-state index contributed by atoms with van der Waals surface area (Å²) < 4.78 is 4.13. The lowest BCUT2D eigenvalue weighted by atomic mass is 9.95. The Morgan fingerprint density at radius 1 is 1.32 bits per heavy atom. The van der Waals surface area contributed by atoms with E-state index in [2.05, 4.69) is 41.6 Å². The molecule has 1 saturated heterocycles. The van der Waals surface area contributed by atoms with Crippen LogP contribution in [-0.2, 0) is 6.54 Å². The summed E-state index contributed by atoms with van der Waals surface area (Å²) in [4.78, 5) is 19.4. The van der Waals surface area contributed by atoms with Crippen LogP contribution >= 0.6 is 0 Å². The number of imidazole rings is 1. The lowest BCUT2D eigenvalue weighted by Gasteiger charge is -2.32. The fraction of sp³-hybridized carbons (Fsp3) is 0.632. The molecule has 6 nitrogen and oxygen atoms in total. The Balaban J connectivity index is 1.66. The molecule has 3 heterocycles. The van der Waals surface area contributed by atoms with Crippen molar-refractivity contribution in [1.29, 1.82) is 0 Å². The summed E-state index contributed by atoms with van der Waals surface area (Å²) in [5, 5.41) is 4.46. The molecule has 6 heteroatoms. The number of rotatable bonds is 5. The second kappa shape index (κ2) is 7.42. The SMILES string of the molecule is CCCn1cc(C(=O)N2CCC(c3nccn3C(C)C)CC2)c(C)n1. The van der Waals surface area contributed by atoms with Crippen molar-refractivity contribution in [3.05, 3.63) is 35.7 Å². The monoisotopic (exact) mass is 343 g/mol. The number of hydrogen-bond donors (Lipinski definition) is 0. The van der Waals surface area contributed by atoms with Crippen LogP contribution in [0.1, 0.15) is 73.9 Å². The molecule has 0 bridgehead atoms. The molecule has 0 N–H and O–H groups in total. The van der Waals surface area contributed by atoms with E-state index in [1.165, 1.54) is 0 Å². The van der Waals surface area contributed by atoms with Crippen LogP contribution in [0.2, 0.25) is 0 Å². The number of carbonyl (C=O) groups is 1. The summed E-state index contributed by atoms with van der Waals surface area (Å²) in [6.45, 7) is 10.8. The summed E-state index contributed by atoms with van der Waals surface area (Å²) in [7, 11) is 0. The lowest BCUT2D eigenvalue weighted by Crippen LogP contribution is -2.38. The molecule has 0 saturated carbocycles. The Labute approximate surface area is 149 Å². The Kier molecular flexibility index (Phi) is 5.25. The van der Waals surface area contributed by atoms with Crippen LogP contribution in [0.5, 0.6) is 0 Å². The molecule has 0 atom stereocenters. The molecule has 0 unspecified atom stereocenters. The van der Waals surface area contributed by atoms with Crippen molar-refractivity contribution >= 4 is 5.91 Å². The van der Waals surface area contributed by atoms with Crippen LogP contribution in [0, 0.1) is 6.92 Å². The van der Waals surface area contributed by atoms with Crippen LogP contribution in [0.15, 0.2) is 18.6 Å². The van der Waals surface area contributed by atoms with Gasteiger partial charge in [-0.05, 0) is 40.0 Å². The standard InChI is InChI=1S/C19H29N5O/c1-5-9-23-13-17(15(4)21-23)19(25)22-10-6-16(7-11-22)18-20-8-12-24(18)14(2)3/h8,12-14,16H,5-7,9-11H2,1-4H3. The summed E-state index contributed by atoms with van der Waals surface area (Å²) >= 11 is 0. The molecule has 0 aliphatic carbocycles. The van der Waals surface area contributed by atoms with Gasteiger partial charge in [0.25, 0.3) is 5.91 Å². The van der Waals surface area contributed by atoms with Crippen molar-refractivity contribution < 1.29 is 4.79 Å². The quantitative estimate of drug-likeness (QED) is 0.836. The van der Waals surface area contributed by atoms with Gasteiger partial charge in [-0.25, -0.2) is 4.98 Å². The first-order chi connectivity index (χ1) is 12.0. The Morgan fingerprint density at radius 3 is 2.68 bits per heavy atom. The summed E-state index contributed by atoms with van der Waals surface area (Å²) in [6.07, 6.45) is 8.80. The zero-order chi connectivity index (χ0) is 18.0. The number of nitrogens with zero attached hydrogens (tertiary/aromatic N) is 5. The van der Waals surface area contributed by atoms with Gasteiger partial charge in [0.05, 0.1) is 11.3 Å². The van der Waals surface area contributed by atoms with Crippen molar-refractivity contribution in [1.82, 2.24) is 24.2 Å². The highest BCUT2D eigenvalue weighted by molar-refractivity contribution is 5.95. The van der Waals surface area contributed by atoms with Gasteiger partial charge in [0.15, 0.2) is 0 Å². The van der Waals surface area contributed by atoms with E-state index in [0.29, 0.717) is 12.0 Å². The van der Waals surface area contributed by atoms with Gasteiger partial charge < -0.3 is 9.47 Å². The van der Waals surface area contributed by atoms with E-state index in [1.54, 1.807) is 0 Å². The van der Waals surface area contributed by atoms with E-state index in [0.717, 1.165) is 56.0 Å². The fourth-order valence-electron chi connectivity index (χ4n) is 3.66. The number of piperidine rings is 1. The average Bonchev–Trinajstić information content (AvgIpc) is 3.22. The van der Waals surface area contributed by atoms with Gasteiger partial charge in [-0.1, -0.05) is 6.92 Å². The summed E-state index contributed by atoms with van der Waals surface area (Å²) in [5.41, 5.74) is 1.58. The maximum atomic E-state index is 12.9. The van der Waals surface area contributed by atoms with Crippen LogP contribution < -0.4 is 0 Å². The summed E-state index contributed by atoms with van der Waals surface area (Å²) in [6, 6.07) is 0.421. The molecule has 0 spiro atoms.